The summed E-state index contributed by atoms with van der Waals surface area (Å²) in [7, 11) is 1.39. The van der Waals surface area contributed by atoms with E-state index in [-0.39, 0.29) is 23.6 Å². The number of benzene rings is 1. The van der Waals surface area contributed by atoms with E-state index in [1.807, 2.05) is 0 Å². The first-order chi connectivity index (χ1) is 9.61. The third kappa shape index (κ3) is 3.46. The fourth-order valence-electron chi connectivity index (χ4n) is 2.53. The molecule has 2 rings (SSSR count). The fourth-order valence-corrected chi connectivity index (χ4v) is 2.53. The molecule has 0 N–H and O–H groups in total. The van der Waals surface area contributed by atoms with E-state index in [1.165, 1.54) is 19.2 Å². The number of rotatable bonds is 4. The molecule has 0 saturated heterocycles. The van der Waals surface area contributed by atoms with E-state index in [2.05, 4.69) is 0 Å². The second kappa shape index (κ2) is 6.68. The van der Waals surface area contributed by atoms with Crippen LogP contribution >= 0.6 is 0 Å². The highest BCUT2D eigenvalue weighted by molar-refractivity contribution is 5.72. The molecule has 110 valence electrons. The van der Waals surface area contributed by atoms with Gasteiger partial charge in [0, 0.05) is 0 Å². The van der Waals surface area contributed by atoms with Crippen molar-refractivity contribution in [2.75, 3.05) is 13.7 Å². The Labute approximate surface area is 116 Å². The molecule has 0 atom stereocenters. The minimum Gasteiger partial charge on any atom is -0.490 e. The lowest BCUT2D eigenvalue weighted by Crippen LogP contribution is -2.25. The van der Waals surface area contributed by atoms with Gasteiger partial charge in [-0.05, 0) is 43.7 Å². The quantitative estimate of drug-likeness (QED) is 0.796. The van der Waals surface area contributed by atoms with Crippen molar-refractivity contribution in [2.45, 2.75) is 25.7 Å². The summed E-state index contributed by atoms with van der Waals surface area (Å²) in [5, 5.41) is 0. The molecule has 1 fully saturated rings. The number of carbonyl (C=O) groups excluding carboxylic acids is 1. The van der Waals surface area contributed by atoms with Gasteiger partial charge in [-0.2, -0.15) is 4.39 Å². The van der Waals surface area contributed by atoms with Gasteiger partial charge in [0.2, 0.25) is 5.82 Å². The Bertz CT molecular complexity index is 468. The van der Waals surface area contributed by atoms with Crippen molar-refractivity contribution in [3.63, 3.8) is 0 Å². The Morgan fingerprint density at radius 1 is 1.25 bits per heavy atom. The van der Waals surface area contributed by atoms with Crippen LogP contribution in [0.1, 0.15) is 25.7 Å². The van der Waals surface area contributed by atoms with Gasteiger partial charge in [-0.15, -0.1) is 0 Å². The van der Waals surface area contributed by atoms with Crippen LogP contribution in [0.25, 0.3) is 0 Å². The minimum atomic E-state index is -0.948. The molecule has 1 saturated carbocycles. The molecule has 0 aromatic heterocycles. The summed E-state index contributed by atoms with van der Waals surface area (Å²) in [6.07, 6.45) is 3.17. The van der Waals surface area contributed by atoms with Gasteiger partial charge in [0.1, 0.15) is 0 Å². The van der Waals surface area contributed by atoms with Gasteiger partial charge in [0.15, 0.2) is 11.6 Å². The SMILES string of the molecule is COC(=O)C1CCC(COc2cccc(F)c2F)CC1. The number of esters is 1. The van der Waals surface area contributed by atoms with E-state index in [1.54, 1.807) is 0 Å². The first kappa shape index (κ1) is 14.8. The third-order valence-electron chi connectivity index (χ3n) is 3.77. The van der Waals surface area contributed by atoms with Crippen molar-refractivity contribution in [3.8, 4) is 5.75 Å². The van der Waals surface area contributed by atoms with E-state index in [0.717, 1.165) is 31.7 Å². The van der Waals surface area contributed by atoms with Crippen molar-refractivity contribution in [1.29, 1.82) is 0 Å². The highest BCUT2D eigenvalue weighted by Gasteiger charge is 2.27. The highest BCUT2D eigenvalue weighted by atomic mass is 19.2. The molecular weight excluding hydrogens is 266 g/mol. The average molecular weight is 284 g/mol. The molecule has 1 aliphatic rings. The van der Waals surface area contributed by atoms with Crippen LogP contribution in [0.15, 0.2) is 18.2 Å². The normalized spacial score (nSPS) is 22.4. The van der Waals surface area contributed by atoms with E-state index in [0.29, 0.717) is 6.61 Å². The predicted octanol–water partition coefficient (Wildman–Crippen LogP) is 3.32. The third-order valence-corrected chi connectivity index (χ3v) is 3.77. The van der Waals surface area contributed by atoms with Gasteiger partial charge in [-0.25, -0.2) is 4.39 Å². The van der Waals surface area contributed by atoms with Crippen LogP contribution in [0, 0.1) is 23.5 Å². The van der Waals surface area contributed by atoms with Gasteiger partial charge >= 0.3 is 5.97 Å². The topological polar surface area (TPSA) is 35.5 Å². The van der Waals surface area contributed by atoms with Crippen LogP contribution in [-0.2, 0) is 9.53 Å². The van der Waals surface area contributed by atoms with Crippen LogP contribution in [0.2, 0.25) is 0 Å². The number of methoxy groups -OCH3 is 1. The summed E-state index contributed by atoms with van der Waals surface area (Å²) in [5.74, 6) is -1.85. The maximum absolute atomic E-state index is 13.4. The largest absolute Gasteiger partial charge is 0.490 e. The molecule has 0 heterocycles. The Hall–Kier alpha value is -1.65. The molecule has 3 nitrogen and oxygen atoms in total. The molecule has 0 unspecified atom stereocenters. The number of hydrogen-bond acceptors (Lipinski definition) is 3. The molecule has 0 amide bonds. The predicted molar refractivity (Wildman–Crippen MR) is 69.3 cm³/mol. The lowest BCUT2D eigenvalue weighted by Gasteiger charge is -2.26. The molecule has 5 heteroatoms. The van der Waals surface area contributed by atoms with Crippen LogP contribution in [0.5, 0.6) is 5.75 Å². The summed E-state index contributed by atoms with van der Waals surface area (Å²) < 4.78 is 36.5. The monoisotopic (exact) mass is 284 g/mol. The zero-order valence-electron chi connectivity index (χ0n) is 11.4. The van der Waals surface area contributed by atoms with E-state index < -0.39 is 11.6 Å². The molecule has 1 aliphatic carbocycles. The Kier molecular flexibility index (Phi) is 4.93. The number of ether oxygens (including phenoxy) is 2. The summed E-state index contributed by atoms with van der Waals surface area (Å²) in [5.41, 5.74) is 0. The van der Waals surface area contributed by atoms with Gasteiger partial charge in [-0.3, -0.25) is 4.79 Å². The van der Waals surface area contributed by atoms with Crippen molar-refractivity contribution < 1.29 is 23.0 Å². The van der Waals surface area contributed by atoms with Gasteiger partial charge in [-0.1, -0.05) is 6.07 Å². The zero-order chi connectivity index (χ0) is 14.5. The second-order valence-corrected chi connectivity index (χ2v) is 5.10. The van der Waals surface area contributed by atoms with E-state index >= 15 is 0 Å². The van der Waals surface area contributed by atoms with Crippen LogP contribution < -0.4 is 4.74 Å². The minimum absolute atomic E-state index is 0.0397. The Balaban J connectivity index is 1.82. The van der Waals surface area contributed by atoms with Crippen molar-refractivity contribution in [2.24, 2.45) is 11.8 Å². The lowest BCUT2D eigenvalue weighted by molar-refractivity contribution is -0.146. The Morgan fingerprint density at radius 3 is 2.60 bits per heavy atom. The number of hydrogen-bond donors (Lipinski definition) is 0. The molecule has 0 radical (unpaired) electrons. The smallest absolute Gasteiger partial charge is 0.308 e. The summed E-state index contributed by atoms with van der Waals surface area (Å²) in [6.45, 7) is 0.342. The summed E-state index contributed by atoms with van der Waals surface area (Å²) in [6, 6.07) is 3.89. The van der Waals surface area contributed by atoms with Crippen molar-refractivity contribution in [3.05, 3.63) is 29.8 Å². The zero-order valence-corrected chi connectivity index (χ0v) is 11.4. The Morgan fingerprint density at radius 2 is 1.95 bits per heavy atom. The van der Waals surface area contributed by atoms with Crippen molar-refractivity contribution in [1.82, 2.24) is 0 Å². The maximum Gasteiger partial charge on any atom is 0.308 e. The van der Waals surface area contributed by atoms with Crippen LogP contribution in [0.4, 0.5) is 8.78 Å². The standard InChI is InChI=1S/C15H18F2O3/c1-19-15(18)11-7-5-10(6-8-11)9-20-13-4-2-3-12(16)14(13)17/h2-4,10-11H,5-9H2,1H3. The first-order valence-electron chi connectivity index (χ1n) is 6.76. The lowest BCUT2D eigenvalue weighted by atomic mass is 9.82. The molecular formula is C15H18F2O3. The first-order valence-corrected chi connectivity index (χ1v) is 6.76. The van der Waals surface area contributed by atoms with E-state index in [4.69, 9.17) is 9.47 Å². The summed E-state index contributed by atoms with van der Waals surface area (Å²) in [4.78, 5) is 11.4. The average Bonchev–Trinajstić information content (AvgIpc) is 2.48. The van der Waals surface area contributed by atoms with Gasteiger partial charge in [0.25, 0.3) is 0 Å². The number of halogens is 2. The second-order valence-electron chi connectivity index (χ2n) is 5.10. The van der Waals surface area contributed by atoms with Crippen LogP contribution in [0.3, 0.4) is 0 Å². The molecule has 1 aromatic rings. The summed E-state index contributed by atoms with van der Waals surface area (Å²) >= 11 is 0. The number of carbonyl (C=O) groups is 1. The molecule has 20 heavy (non-hydrogen) atoms. The van der Waals surface area contributed by atoms with Crippen molar-refractivity contribution >= 4 is 5.97 Å². The van der Waals surface area contributed by atoms with E-state index in [9.17, 15) is 13.6 Å². The molecule has 1 aromatic carbocycles. The fraction of sp³-hybridized carbons (Fsp3) is 0.533. The highest BCUT2D eigenvalue weighted by Crippen LogP contribution is 2.30. The molecule has 0 aliphatic heterocycles. The van der Waals surface area contributed by atoms with Gasteiger partial charge in [0.05, 0.1) is 19.6 Å². The van der Waals surface area contributed by atoms with Crippen LogP contribution in [-0.4, -0.2) is 19.7 Å². The van der Waals surface area contributed by atoms with Gasteiger partial charge < -0.3 is 9.47 Å². The molecule has 0 bridgehead atoms. The molecule has 0 spiro atoms. The maximum atomic E-state index is 13.4.